The van der Waals surface area contributed by atoms with Gasteiger partial charge in [-0.2, -0.15) is 0 Å². The van der Waals surface area contributed by atoms with E-state index in [0.29, 0.717) is 6.04 Å². The van der Waals surface area contributed by atoms with Crippen molar-refractivity contribution < 1.29 is 0 Å². The van der Waals surface area contributed by atoms with Gasteiger partial charge in [0.25, 0.3) is 0 Å². The predicted octanol–water partition coefficient (Wildman–Crippen LogP) is 3.65. The Morgan fingerprint density at radius 2 is 1.80 bits per heavy atom. The fourth-order valence-corrected chi connectivity index (χ4v) is 4.30. The van der Waals surface area contributed by atoms with E-state index < -0.39 is 0 Å². The maximum absolute atomic E-state index is 6.14. The molecule has 2 heteroatoms. The second kappa shape index (κ2) is 6.28. The third-order valence-electron chi connectivity index (χ3n) is 5.37. The smallest absolute Gasteiger partial charge is 0.0473 e. The molecule has 1 heterocycles. The SMILES string of the molecule is Cc1ccc(C(CN)N2CCCC2C2CCCC2)cc1. The number of hydrogen-bond acceptors (Lipinski definition) is 2. The van der Waals surface area contributed by atoms with Crippen LogP contribution in [0.1, 0.15) is 55.7 Å². The van der Waals surface area contributed by atoms with Gasteiger partial charge in [-0.25, -0.2) is 0 Å². The van der Waals surface area contributed by atoms with Gasteiger partial charge in [0.15, 0.2) is 0 Å². The van der Waals surface area contributed by atoms with Gasteiger partial charge in [0.1, 0.15) is 0 Å². The Bertz CT molecular complexity index is 420. The monoisotopic (exact) mass is 272 g/mol. The van der Waals surface area contributed by atoms with E-state index in [4.69, 9.17) is 5.73 Å². The number of nitrogens with two attached hydrogens (primary N) is 1. The lowest BCUT2D eigenvalue weighted by atomic mass is 9.94. The van der Waals surface area contributed by atoms with E-state index in [1.165, 1.54) is 56.2 Å². The number of nitrogens with zero attached hydrogens (tertiary/aromatic N) is 1. The highest BCUT2D eigenvalue weighted by Crippen LogP contribution is 2.39. The standard InChI is InChI=1S/C18H28N2/c1-14-8-10-16(11-9-14)18(13-19)20-12-4-7-17(20)15-5-2-3-6-15/h8-11,15,17-18H,2-7,12-13,19H2,1H3. The molecule has 1 saturated carbocycles. The minimum absolute atomic E-state index is 0.420. The summed E-state index contributed by atoms with van der Waals surface area (Å²) in [5, 5.41) is 0. The number of aryl methyl sites for hydroxylation is 1. The largest absolute Gasteiger partial charge is 0.329 e. The molecule has 20 heavy (non-hydrogen) atoms. The van der Waals surface area contributed by atoms with Crippen molar-refractivity contribution >= 4 is 0 Å². The molecule has 2 unspecified atom stereocenters. The summed E-state index contributed by atoms with van der Waals surface area (Å²) in [4.78, 5) is 2.72. The topological polar surface area (TPSA) is 29.3 Å². The van der Waals surface area contributed by atoms with Crippen molar-refractivity contribution in [1.29, 1.82) is 0 Å². The third kappa shape index (κ3) is 2.77. The van der Waals surface area contributed by atoms with Gasteiger partial charge in [-0.3, -0.25) is 4.90 Å². The maximum Gasteiger partial charge on any atom is 0.0473 e. The number of rotatable bonds is 4. The Morgan fingerprint density at radius 3 is 2.45 bits per heavy atom. The summed E-state index contributed by atoms with van der Waals surface area (Å²) in [7, 11) is 0. The molecule has 2 aliphatic rings. The van der Waals surface area contributed by atoms with Crippen LogP contribution in [-0.4, -0.2) is 24.0 Å². The van der Waals surface area contributed by atoms with Crippen LogP contribution in [0.4, 0.5) is 0 Å². The van der Waals surface area contributed by atoms with Gasteiger partial charge in [-0.15, -0.1) is 0 Å². The zero-order valence-corrected chi connectivity index (χ0v) is 12.7. The van der Waals surface area contributed by atoms with Crippen molar-refractivity contribution in [2.75, 3.05) is 13.1 Å². The van der Waals surface area contributed by atoms with Gasteiger partial charge in [0.05, 0.1) is 0 Å². The molecule has 0 aromatic heterocycles. The molecule has 1 aliphatic carbocycles. The summed E-state index contributed by atoms with van der Waals surface area (Å²) in [6, 6.07) is 10.2. The van der Waals surface area contributed by atoms with Crippen molar-refractivity contribution in [3.63, 3.8) is 0 Å². The van der Waals surface area contributed by atoms with Crippen molar-refractivity contribution in [2.45, 2.75) is 57.5 Å². The molecule has 2 fully saturated rings. The maximum atomic E-state index is 6.14. The molecular formula is C18H28N2. The summed E-state index contributed by atoms with van der Waals surface area (Å²) in [6.45, 7) is 4.13. The minimum atomic E-state index is 0.420. The molecule has 3 rings (SSSR count). The summed E-state index contributed by atoms with van der Waals surface area (Å²) < 4.78 is 0. The average molecular weight is 272 g/mol. The Balaban J connectivity index is 1.78. The highest BCUT2D eigenvalue weighted by Gasteiger charge is 2.36. The summed E-state index contributed by atoms with van der Waals surface area (Å²) in [6.07, 6.45) is 8.48. The molecule has 2 atom stereocenters. The van der Waals surface area contributed by atoms with E-state index in [-0.39, 0.29) is 0 Å². The molecule has 1 aromatic carbocycles. The van der Waals surface area contributed by atoms with Crippen LogP contribution < -0.4 is 5.73 Å². The van der Waals surface area contributed by atoms with E-state index in [1.54, 1.807) is 0 Å². The normalized spacial score (nSPS) is 26.2. The Hall–Kier alpha value is -0.860. The van der Waals surface area contributed by atoms with Gasteiger partial charge in [0.2, 0.25) is 0 Å². The van der Waals surface area contributed by atoms with Crippen LogP contribution in [0.5, 0.6) is 0 Å². The van der Waals surface area contributed by atoms with Crippen LogP contribution in [0.25, 0.3) is 0 Å². The predicted molar refractivity (Wildman–Crippen MR) is 84.7 cm³/mol. The highest BCUT2D eigenvalue weighted by atomic mass is 15.2. The Kier molecular flexibility index (Phi) is 4.42. The molecule has 0 bridgehead atoms. The molecule has 110 valence electrons. The van der Waals surface area contributed by atoms with Crippen LogP contribution in [-0.2, 0) is 0 Å². The second-order valence-corrected chi connectivity index (χ2v) is 6.65. The first kappa shape index (κ1) is 14.1. The van der Waals surface area contributed by atoms with Crippen LogP contribution in [0.2, 0.25) is 0 Å². The van der Waals surface area contributed by atoms with Crippen molar-refractivity contribution in [3.05, 3.63) is 35.4 Å². The van der Waals surface area contributed by atoms with E-state index in [1.807, 2.05) is 0 Å². The molecular weight excluding hydrogens is 244 g/mol. The minimum Gasteiger partial charge on any atom is -0.329 e. The van der Waals surface area contributed by atoms with Crippen LogP contribution in [0, 0.1) is 12.8 Å². The molecule has 0 amide bonds. The molecule has 0 spiro atoms. The van der Waals surface area contributed by atoms with E-state index in [0.717, 1.165) is 18.5 Å². The zero-order valence-electron chi connectivity index (χ0n) is 12.7. The summed E-state index contributed by atoms with van der Waals surface area (Å²) >= 11 is 0. The van der Waals surface area contributed by atoms with Crippen LogP contribution in [0.3, 0.4) is 0 Å². The van der Waals surface area contributed by atoms with Gasteiger partial charge in [0, 0.05) is 18.6 Å². The van der Waals surface area contributed by atoms with Gasteiger partial charge >= 0.3 is 0 Å². The molecule has 1 aromatic rings. The summed E-state index contributed by atoms with van der Waals surface area (Å²) in [5.74, 6) is 0.928. The number of benzene rings is 1. The lowest BCUT2D eigenvalue weighted by Gasteiger charge is -2.36. The Morgan fingerprint density at radius 1 is 1.10 bits per heavy atom. The van der Waals surface area contributed by atoms with E-state index in [9.17, 15) is 0 Å². The second-order valence-electron chi connectivity index (χ2n) is 6.65. The summed E-state index contributed by atoms with van der Waals surface area (Å²) in [5.41, 5.74) is 8.88. The first-order chi connectivity index (χ1) is 9.79. The van der Waals surface area contributed by atoms with Gasteiger partial charge in [-0.1, -0.05) is 42.7 Å². The van der Waals surface area contributed by atoms with Crippen LogP contribution >= 0.6 is 0 Å². The number of likely N-dealkylation sites (tertiary alicyclic amines) is 1. The lowest BCUT2D eigenvalue weighted by Crippen LogP contribution is -2.40. The third-order valence-corrected chi connectivity index (χ3v) is 5.37. The van der Waals surface area contributed by atoms with Crippen molar-refractivity contribution in [3.8, 4) is 0 Å². The van der Waals surface area contributed by atoms with Crippen molar-refractivity contribution in [2.24, 2.45) is 11.7 Å². The molecule has 2 N–H and O–H groups in total. The number of hydrogen-bond donors (Lipinski definition) is 1. The van der Waals surface area contributed by atoms with Gasteiger partial charge < -0.3 is 5.73 Å². The fourth-order valence-electron chi connectivity index (χ4n) is 4.30. The quantitative estimate of drug-likeness (QED) is 0.906. The Labute approximate surface area is 123 Å². The molecule has 0 radical (unpaired) electrons. The zero-order chi connectivity index (χ0) is 13.9. The highest BCUT2D eigenvalue weighted by molar-refractivity contribution is 5.25. The van der Waals surface area contributed by atoms with Crippen LogP contribution in [0.15, 0.2) is 24.3 Å². The lowest BCUT2D eigenvalue weighted by molar-refractivity contribution is 0.138. The van der Waals surface area contributed by atoms with E-state index in [2.05, 4.69) is 36.1 Å². The first-order valence-electron chi connectivity index (χ1n) is 8.32. The van der Waals surface area contributed by atoms with Gasteiger partial charge in [-0.05, 0) is 50.6 Å². The molecule has 1 saturated heterocycles. The van der Waals surface area contributed by atoms with Crippen molar-refractivity contribution in [1.82, 2.24) is 4.90 Å². The average Bonchev–Trinajstić information content (AvgIpc) is 3.12. The molecule has 1 aliphatic heterocycles. The first-order valence-corrected chi connectivity index (χ1v) is 8.32. The van der Waals surface area contributed by atoms with E-state index >= 15 is 0 Å². The fraction of sp³-hybridized carbons (Fsp3) is 0.667. The molecule has 2 nitrogen and oxygen atoms in total.